The number of piperazine rings is 1. The minimum absolute atomic E-state index is 0.0133. The maximum absolute atomic E-state index is 13.0. The molecule has 0 saturated carbocycles. The van der Waals surface area contributed by atoms with E-state index in [1.807, 2.05) is 19.9 Å². The van der Waals surface area contributed by atoms with E-state index in [1.165, 1.54) is 22.6 Å². The second kappa shape index (κ2) is 8.09. The zero-order chi connectivity index (χ0) is 22.2. The van der Waals surface area contributed by atoms with Crippen molar-refractivity contribution in [2.24, 2.45) is 0 Å². The predicted octanol–water partition coefficient (Wildman–Crippen LogP) is 2.36. The van der Waals surface area contributed by atoms with Crippen LogP contribution in [0.15, 0.2) is 45.9 Å². The van der Waals surface area contributed by atoms with Crippen molar-refractivity contribution in [1.29, 1.82) is 5.26 Å². The number of pyridine rings is 1. The number of hydrogen-bond acceptors (Lipinski definition) is 7. The summed E-state index contributed by atoms with van der Waals surface area (Å²) in [4.78, 5) is 18.8. The smallest absolute Gasteiger partial charge is 0.257 e. The Kier molecular flexibility index (Phi) is 5.47. The Morgan fingerprint density at radius 3 is 2.58 bits per heavy atom. The number of aromatic nitrogens is 2. The molecule has 2 aromatic heterocycles. The first kappa shape index (κ1) is 21.0. The van der Waals surface area contributed by atoms with Crippen molar-refractivity contribution in [3.05, 3.63) is 53.3 Å². The van der Waals surface area contributed by atoms with Gasteiger partial charge in [0.15, 0.2) is 0 Å². The van der Waals surface area contributed by atoms with Crippen LogP contribution >= 0.6 is 0 Å². The standard InChI is InChI=1S/C21H21N5O4S/c1-14(2)19-17-11-16(13-23-20(17)30-24-19)21(27)25-7-9-26(10-8-25)31(28,29)18-6-4-3-5-15(18)12-22/h3-6,11,13-14H,7-10H2,1-2H3. The van der Waals surface area contributed by atoms with E-state index in [9.17, 15) is 18.5 Å². The monoisotopic (exact) mass is 439 g/mol. The zero-order valence-corrected chi connectivity index (χ0v) is 18.0. The van der Waals surface area contributed by atoms with Crippen molar-refractivity contribution in [3.8, 4) is 6.07 Å². The molecule has 3 aromatic rings. The number of nitriles is 1. The molecule has 4 rings (SSSR count). The van der Waals surface area contributed by atoms with Gasteiger partial charge in [-0.2, -0.15) is 9.57 Å². The van der Waals surface area contributed by atoms with Crippen LogP contribution in [0, 0.1) is 11.3 Å². The maximum Gasteiger partial charge on any atom is 0.257 e. The van der Waals surface area contributed by atoms with E-state index in [0.717, 1.165) is 5.69 Å². The van der Waals surface area contributed by atoms with Crippen molar-refractivity contribution >= 4 is 27.0 Å². The number of benzene rings is 1. The third kappa shape index (κ3) is 3.78. The fraction of sp³-hybridized carbons (Fsp3) is 0.333. The average Bonchev–Trinajstić information content (AvgIpc) is 3.22. The average molecular weight is 439 g/mol. The van der Waals surface area contributed by atoms with E-state index in [1.54, 1.807) is 23.1 Å². The van der Waals surface area contributed by atoms with E-state index in [4.69, 9.17) is 4.52 Å². The topological polar surface area (TPSA) is 120 Å². The van der Waals surface area contributed by atoms with Gasteiger partial charge in [-0.3, -0.25) is 4.79 Å². The molecule has 0 unspecified atom stereocenters. The van der Waals surface area contributed by atoms with Crippen LogP contribution in [-0.2, 0) is 10.0 Å². The molecule has 31 heavy (non-hydrogen) atoms. The fourth-order valence-corrected chi connectivity index (χ4v) is 5.18. The van der Waals surface area contributed by atoms with Gasteiger partial charge in [0.25, 0.3) is 11.6 Å². The highest BCUT2D eigenvalue weighted by molar-refractivity contribution is 7.89. The van der Waals surface area contributed by atoms with Crippen molar-refractivity contribution in [2.45, 2.75) is 24.7 Å². The number of sulfonamides is 1. The third-order valence-electron chi connectivity index (χ3n) is 5.30. The molecule has 3 heterocycles. The maximum atomic E-state index is 13.0. The van der Waals surface area contributed by atoms with Crippen LogP contribution < -0.4 is 0 Å². The zero-order valence-electron chi connectivity index (χ0n) is 17.1. The highest BCUT2D eigenvalue weighted by atomic mass is 32.2. The lowest BCUT2D eigenvalue weighted by Gasteiger charge is -2.34. The Labute approximate surface area is 179 Å². The lowest BCUT2D eigenvalue weighted by Crippen LogP contribution is -2.50. The van der Waals surface area contributed by atoms with E-state index in [0.29, 0.717) is 16.7 Å². The predicted molar refractivity (Wildman–Crippen MR) is 112 cm³/mol. The number of carbonyl (C=O) groups is 1. The van der Waals surface area contributed by atoms with E-state index in [-0.39, 0.29) is 48.5 Å². The highest BCUT2D eigenvalue weighted by Crippen LogP contribution is 2.25. The summed E-state index contributed by atoms with van der Waals surface area (Å²) in [7, 11) is -3.82. The molecule has 1 aliphatic heterocycles. The molecule has 0 bridgehead atoms. The molecule has 0 spiro atoms. The Balaban J connectivity index is 1.51. The number of hydrogen-bond donors (Lipinski definition) is 0. The Morgan fingerprint density at radius 2 is 1.90 bits per heavy atom. The van der Waals surface area contributed by atoms with Crippen LogP contribution in [0.3, 0.4) is 0 Å². The second-order valence-corrected chi connectivity index (χ2v) is 9.51. The molecule has 160 valence electrons. The molecule has 1 fully saturated rings. The minimum Gasteiger partial charge on any atom is -0.336 e. The second-order valence-electron chi connectivity index (χ2n) is 7.60. The molecule has 9 nitrogen and oxygen atoms in total. The van der Waals surface area contributed by atoms with Crippen LogP contribution in [0.5, 0.6) is 0 Å². The molecule has 0 atom stereocenters. The molecule has 1 saturated heterocycles. The number of carbonyl (C=O) groups excluding carboxylic acids is 1. The molecule has 10 heteroatoms. The largest absolute Gasteiger partial charge is 0.336 e. The third-order valence-corrected chi connectivity index (χ3v) is 7.26. The lowest BCUT2D eigenvalue weighted by molar-refractivity contribution is 0.0697. The minimum atomic E-state index is -3.82. The Bertz CT molecular complexity index is 1280. The van der Waals surface area contributed by atoms with Gasteiger partial charge >= 0.3 is 0 Å². The summed E-state index contributed by atoms with van der Waals surface area (Å²) in [5.74, 6) is -0.0989. The first-order valence-corrected chi connectivity index (χ1v) is 11.3. The summed E-state index contributed by atoms with van der Waals surface area (Å²) in [6, 6.07) is 9.77. The normalized spacial score (nSPS) is 15.4. The van der Waals surface area contributed by atoms with Crippen molar-refractivity contribution in [2.75, 3.05) is 26.2 Å². The first-order valence-electron chi connectivity index (χ1n) is 9.87. The summed E-state index contributed by atoms with van der Waals surface area (Å²) < 4.78 is 32.5. The molecular formula is C21H21N5O4S. The highest BCUT2D eigenvalue weighted by Gasteiger charge is 2.32. The van der Waals surface area contributed by atoms with Gasteiger partial charge in [-0.25, -0.2) is 13.4 Å². The summed E-state index contributed by atoms with van der Waals surface area (Å²) in [6.07, 6.45) is 1.45. The van der Waals surface area contributed by atoms with Crippen molar-refractivity contribution in [1.82, 2.24) is 19.3 Å². The molecule has 0 N–H and O–H groups in total. The SMILES string of the molecule is CC(C)c1noc2ncc(C(=O)N3CCN(S(=O)(=O)c4ccccc4C#N)CC3)cc12. The van der Waals surface area contributed by atoms with Gasteiger partial charge in [0.2, 0.25) is 10.0 Å². The van der Waals surface area contributed by atoms with Crippen LogP contribution in [0.1, 0.15) is 41.4 Å². The van der Waals surface area contributed by atoms with Gasteiger partial charge in [0, 0.05) is 32.4 Å². The van der Waals surface area contributed by atoms with Crippen LogP contribution in [-0.4, -0.2) is 59.8 Å². The number of fused-ring (bicyclic) bond motifs is 1. The molecule has 1 aromatic carbocycles. The summed E-state index contributed by atoms with van der Waals surface area (Å²) in [5.41, 5.74) is 1.63. The summed E-state index contributed by atoms with van der Waals surface area (Å²) in [5, 5.41) is 14.0. The van der Waals surface area contributed by atoms with Crippen LogP contribution in [0.2, 0.25) is 0 Å². The fourth-order valence-electron chi connectivity index (χ4n) is 3.62. The Hall–Kier alpha value is -3.29. The quantitative estimate of drug-likeness (QED) is 0.612. The van der Waals surface area contributed by atoms with Crippen LogP contribution in [0.25, 0.3) is 11.1 Å². The van der Waals surface area contributed by atoms with E-state index >= 15 is 0 Å². The van der Waals surface area contributed by atoms with Crippen LogP contribution in [0.4, 0.5) is 0 Å². The Morgan fingerprint density at radius 1 is 1.19 bits per heavy atom. The molecule has 1 amide bonds. The van der Waals surface area contributed by atoms with Gasteiger partial charge in [-0.1, -0.05) is 31.1 Å². The number of amides is 1. The van der Waals surface area contributed by atoms with Gasteiger partial charge in [0.1, 0.15) is 6.07 Å². The van der Waals surface area contributed by atoms with Crippen molar-refractivity contribution in [3.63, 3.8) is 0 Å². The molecule has 1 aliphatic rings. The molecule has 0 aliphatic carbocycles. The van der Waals surface area contributed by atoms with E-state index < -0.39 is 10.0 Å². The van der Waals surface area contributed by atoms with Gasteiger partial charge in [-0.05, 0) is 24.1 Å². The number of rotatable bonds is 4. The molecule has 0 radical (unpaired) electrons. The summed E-state index contributed by atoms with van der Waals surface area (Å²) in [6.45, 7) is 4.74. The lowest BCUT2D eigenvalue weighted by atomic mass is 10.1. The van der Waals surface area contributed by atoms with E-state index in [2.05, 4.69) is 10.1 Å². The number of nitrogens with zero attached hydrogens (tertiary/aromatic N) is 5. The van der Waals surface area contributed by atoms with Gasteiger partial charge < -0.3 is 9.42 Å². The van der Waals surface area contributed by atoms with Gasteiger partial charge in [0.05, 0.1) is 27.1 Å². The van der Waals surface area contributed by atoms with Crippen molar-refractivity contribution < 1.29 is 17.7 Å². The van der Waals surface area contributed by atoms with Gasteiger partial charge in [-0.15, -0.1) is 0 Å². The first-order chi connectivity index (χ1) is 14.8. The molecular weight excluding hydrogens is 418 g/mol. The summed E-state index contributed by atoms with van der Waals surface area (Å²) >= 11 is 0.